The van der Waals surface area contributed by atoms with E-state index in [4.69, 9.17) is 16.6 Å². The minimum atomic E-state index is -0.504. The summed E-state index contributed by atoms with van der Waals surface area (Å²) in [7, 11) is 0. The first-order chi connectivity index (χ1) is 14.5. The van der Waals surface area contributed by atoms with E-state index in [1.165, 1.54) is 18.2 Å². The molecule has 1 aromatic heterocycles. The highest BCUT2D eigenvalue weighted by Crippen LogP contribution is 2.31. The maximum atomic E-state index is 12.2. The topological polar surface area (TPSA) is 91.6 Å². The average molecular weight is 446 g/mol. The zero-order chi connectivity index (χ0) is 21.1. The predicted octanol–water partition coefficient (Wildman–Crippen LogP) is 3.41. The number of fused-ring (bicyclic) bond motifs is 1. The maximum absolute atomic E-state index is 12.2. The van der Waals surface area contributed by atoms with Gasteiger partial charge in [-0.2, -0.15) is 0 Å². The minimum Gasteiger partial charge on any atom is -0.351 e. The lowest BCUT2D eigenvalue weighted by Gasteiger charge is -2.34. The Morgan fingerprint density at radius 1 is 1.20 bits per heavy atom. The van der Waals surface area contributed by atoms with Crippen molar-refractivity contribution in [3.05, 3.63) is 63.2 Å². The molecule has 1 aliphatic rings. The summed E-state index contributed by atoms with van der Waals surface area (Å²) in [5.41, 5.74) is 1.17. The largest absolute Gasteiger partial charge is 0.351 e. The van der Waals surface area contributed by atoms with Crippen molar-refractivity contribution in [1.82, 2.24) is 15.2 Å². The molecule has 10 heteroatoms. The van der Waals surface area contributed by atoms with Crippen molar-refractivity contribution in [2.75, 3.05) is 44.2 Å². The molecule has 1 N–H and O–H groups in total. The van der Waals surface area contributed by atoms with Crippen LogP contribution in [0.25, 0.3) is 10.2 Å². The molecule has 4 rings (SSSR count). The van der Waals surface area contributed by atoms with Crippen LogP contribution in [0.2, 0.25) is 5.02 Å². The van der Waals surface area contributed by atoms with Gasteiger partial charge in [0, 0.05) is 62.0 Å². The van der Waals surface area contributed by atoms with Gasteiger partial charge in [0.2, 0.25) is 0 Å². The molecular formula is C20H20ClN5O3S. The number of piperazine rings is 1. The average Bonchev–Trinajstić information content (AvgIpc) is 3.17. The summed E-state index contributed by atoms with van der Waals surface area (Å²) in [5.74, 6) is -0.300. The number of nitrogens with one attached hydrogen (secondary N) is 1. The van der Waals surface area contributed by atoms with Crippen molar-refractivity contribution in [2.45, 2.75) is 0 Å². The van der Waals surface area contributed by atoms with Crippen LogP contribution in [0.4, 0.5) is 10.8 Å². The van der Waals surface area contributed by atoms with Gasteiger partial charge in [-0.3, -0.25) is 19.8 Å². The summed E-state index contributed by atoms with van der Waals surface area (Å²) in [5, 5.41) is 15.4. The number of non-ortho nitro benzene ring substituents is 1. The molecule has 1 amide bonds. The van der Waals surface area contributed by atoms with E-state index in [-0.39, 0.29) is 11.6 Å². The highest BCUT2D eigenvalue weighted by atomic mass is 35.5. The van der Waals surface area contributed by atoms with Crippen molar-refractivity contribution in [1.29, 1.82) is 0 Å². The van der Waals surface area contributed by atoms with Crippen LogP contribution in [0.15, 0.2) is 42.5 Å². The molecule has 0 unspecified atom stereocenters. The first-order valence-corrected chi connectivity index (χ1v) is 10.7. The van der Waals surface area contributed by atoms with Crippen LogP contribution < -0.4 is 10.2 Å². The Hall–Kier alpha value is -2.75. The van der Waals surface area contributed by atoms with Crippen molar-refractivity contribution in [2.24, 2.45) is 0 Å². The standard InChI is InChI=1S/C20H20ClN5O3S/c21-15-4-5-17-18(13-15)30-20(23-17)25-10-8-24(9-11-25)7-6-22-19(27)14-2-1-3-16(12-14)26(28)29/h1-5,12-13H,6-11H2,(H,22,27). The molecule has 0 saturated carbocycles. The van der Waals surface area contributed by atoms with Gasteiger partial charge in [-0.05, 0) is 24.3 Å². The molecule has 1 aliphatic heterocycles. The number of carbonyl (C=O) groups is 1. The summed E-state index contributed by atoms with van der Waals surface area (Å²) in [6.45, 7) is 4.70. The second kappa shape index (κ2) is 8.95. The fourth-order valence-corrected chi connectivity index (χ4v) is 4.67. The third-order valence-corrected chi connectivity index (χ3v) is 6.33. The number of nitro benzene ring substituents is 1. The molecule has 2 aromatic carbocycles. The first kappa shape index (κ1) is 20.5. The van der Waals surface area contributed by atoms with E-state index in [0.717, 1.165) is 53.1 Å². The number of rotatable bonds is 6. The summed E-state index contributed by atoms with van der Waals surface area (Å²) >= 11 is 7.71. The molecule has 0 atom stereocenters. The lowest BCUT2D eigenvalue weighted by Crippen LogP contribution is -2.48. The van der Waals surface area contributed by atoms with Crippen LogP contribution in [0.3, 0.4) is 0 Å². The quantitative estimate of drug-likeness (QED) is 0.461. The Bertz CT molecular complexity index is 1080. The van der Waals surface area contributed by atoms with Gasteiger partial charge >= 0.3 is 0 Å². The normalized spacial score (nSPS) is 14.8. The summed E-state index contributed by atoms with van der Waals surface area (Å²) < 4.78 is 1.09. The highest BCUT2D eigenvalue weighted by Gasteiger charge is 2.20. The van der Waals surface area contributed by atoms with E-state index in [2.05, 4.69) is 15.1 Å². The summed E-state index contributed by atoms with van der Waals surface area (Å²) in [4.78, 5) is 31.8. The summed E-state index contributed by atoms with van der Waals surface area (Å²) in [6.07, 6.45) is 0. The maximum Gasteiger partial charge on any atom is 0.270 e. The summed E-state index contributed by atoms with van der Waals surface area (Å²) in [6, 6.07) is 11.5. The van der Waals surface area contributed by atoms with Gasteiger partial charge in [0.05, 0.1) is 15.1 Å². The van der Waals surface area contributed by atoms with E-state index >= 15 is 0 Å². The predicted molar refractivity (Wildman–Crippen MR) is 119 cm³/mol. The second-order valence-electron chi connectivity index (χ2n) is 7.00. The van der Waals surface area contributed by atoms with Crippen LogP contribution in [0, 0.1) is 10.1 Å². The molecule has 0 aliphatic carbocycles. The van der Waals surface area contributed by atoms with Crippen LogP contribution >= 0.6 is 22.9 Å². The fraction of sp³-hybridized carbons (Fsp3) is 0.300. The molecule has 3 aromatic rings. The highest BCUT2D eigenvalue weighted by molar-refractivity contribution is 7.22. The monoisotopic (exact) mass is 445 g/mol. The van der Waals surface area contributed by atoms with Crippen LogP contribution in [0.1, 0.15) is 10.4 Å². The Morgan fingerprint density at radius 3 is 2.77 bits per heavy atom. The lowest BCUT2D eigenvalue weighted by atomic mass is 10.2. The van der Waals surface area contributed by atoms with Gasteiger partial charge in [-0.15, -0.1) is 0 Å². The van der Waals surface area contributed by atoms with Gasteiger partial charge in [0.25, 0.3) is 11.6 Å². The second-order valence-corrected chi connectivity index (χ2v) is 8.45. The fourth-order valence-electron chi connectivity index (χ4n) is 3.37. The number of hydrogen-bond donors (Lipinski definition) is 1. The van der Waals surface area contributed by atoms with E-state index in [0.29, 0.717) is 12.1 Å². The molecule has 0 bridgehead atoms. The molecule has 0 spiro atoms. The Labute approximate surface area is 182 Å². The molecule has 0 radical (unpaired) electrons. The third-order valence-electron chi connectivity index (χ3n) is 5.01. The van der Waals surface area contributed by atoms with Gasteiger partial charge in [0.1, 0.15) is 0 Å². The number of hydrogen-bond acceptors (Lipinski definition) is 7. The number of halogens is 1. The Kier molecular flexibility index (Phi) is 6.12. The molecule has 8 nitrogen and oxygen atoms in total. The van der Waals surface area contributed by atoms with E-state index in [1.54, 1.807) is 17.4 Å². The van der Waals surface area contributed by atoms with E-state index in [1.807, 2.05) is 18.2 Å². The smallest absolute Gasteiger partial charge is 0.270 e. The SMILES string of the molecule is O=C(NCCN1CCN(c2nc3ccc(Cl)cc3s2)CC1)c1cccc([N+](=O)[O-])c1. The molecule has 1 fully saturated rings. The van der Waals surface area contributed by atoms with Crippen molar-refractivity contribution in [3.8, 4) is 0 Å². The number of carbonyl (C=O) groups excluding carboxylic acids is 1. The zero-order valence-corrected chi connectivity index (χ0v) is 17.7. The molecular weight excluding hydrogens is 426 g/mol. The van der Waals surface area contributed by atoms with Gasteiger partial charge in [0.15, 0.2) is 5.13 Å². The lowest BCUT2D eigenvalue weighted by molar-refractivity contribution is -0.384. The van der Waals surface area contributed by atoms with E-state index in [9.17, 15) is 14.9 Å². The molecule has 1 saturated heterocycles. The number of amides is 1. The Morgan fingerprint density at radius 2 is 2.00 bits per heavy atom. The Balaban J connectivity index is 1.25. The number of anilines is 1. The number of nitrogens with zero attached hydrogens (tertiary/aromatic N) is 4. The van der Waals surface area contributed by atoms with Gasteiger partial charge < -0.3 is 10.2 Å². The number of benzene rings is 2. The molecule has 2 heterocycles. The van der Waals surface area contributed by atoms with Crippen molar-refractivity contribution < 1.29 is 9.72 Å². The minimum absolute atomic E-state index is 0.0871. The van der Waals surface area contributed by atoms with Crippen LogP contribution in [-0.4, -0.2) is 60.0 Å². The third kappa shape index (κ3) is 4.69. The zero-order valence-electron chi connectivity index (χ0n) is 16.1. The van der Waals surface area contributed by atoms with Gasteiger partial charge in [-0.1, -0.05) is 29.0 Å². The van der Waals surface area contributed by atoms with E-state index < -0.39 is 4.92 Å². The van der Waals surface area contributed by atoms with Crippen LogP contribution in [0.5, 0.6) is 0 Å². The van der Waals surface area contributed by atoms with Gasteiger partial charge in [-0.25, -0.2) is 4.98 Å². The van der Waals surface area contributed by atoms with Crippen molar-refractivity contribution in [3.63, 3.8) is 0 Å². The number of thiazole rings is 1. The number of nitro groups is 1. The first-order valence-electron chi connectivity index (χ1n) is 9.56. The molecule has 156 valence electrons. The number of aromatic nitrogens is 1. The molecule has 30 heavy (non-hydrogen) atoms. The van der Waals surface area contributed by atoms with Crippen molar-refractivity contribution >= 4 is 49.9 Å². The van der Waals surface area contributed by atoms with Crippen LogP contribution in [-0.2, 0) is 0 Å².